The monoisotopic (exact) mass is 370 g/mol. The number of nitrogens with one attached hydrogen (secondary N) is 1. The van der Waals surface area contributed by atoms with Gasteiger partial charge in [0, 0.05) is 22.7 Å². The molecule has 0 aliphatic rings. The first-order valence-electron chi connectivity index (χ1n) is 6.65. The minimum Gasteiger partial charge on any atom is -0.325 e. The largest absolute Gasteiger partial charge is 0.325 e. The van der Waals surface area contributed by atoms with Crippen molar-refractivity contribution in [3.63, 3.8) is 0 Å². The molecule has 2 rings (SSSR count). The van der Waals surface area contributed by atoms with Crippen LogP contribution >= 0.6 is 34.8 Å². The van der Waals surface area contributed by atoms with E-state index in [9.17, 15) is 9.59 Å². The van der Waals surface area contributed by atoms with Crippen LogP contribution in [-0.2, 0) is 9.59 Å². The van der Waals surface area contributed by atoms with Crippen molar-refractivity contribution in [2.45, 2.75) is 6.92 Å². The Morgan fingerprint density at radius 3 is 2.22 bits per heavy atom. The molecule has 1 N–H and O–H groups in total. The number of hydrogen-bond donors (Lipinski definition) is 1. The predicted octanol–water partition coefficient (Wildman–Crippen LogP) is 4.64. The number of halogens is 3. The second kappa shape index (κ2) is 7.68. The number of rotatable bonds is 4. The smallest absolute Gasteiger partial charge is 0.244 e. The second-order valence-electron chi connectivity index (χ2n) is 4.76. The summed E-state index contributed by atoms with van der Waals surface area (Å²) in [6.07, 6.45) is 0. The van der Waals surface area contributed by atoms with Crippen molar-refractivity contribution in [2.75, 3.05) is 16.8 Å². The molecule has 2 aromatic rings. The molecule has 4 nitrogen and oxygen atoms in total. The van der Waals surface area contributed by atoms with Crippen LogP contribution in [0, 0.1) is 0 Å². The van der Waals surface area contributed by atoms with E-state index in [1.54, 1.807) is 42.5 Å². The summed E-state index contributed by atoms with van der Waals surface area (Å²) < 4.78 is 0. The molecule has 0 unspecified atom stereocenters. The van der Waals surface area contributed by atoms with Gasteiger partial charge in [-0.2, -0.15) is 0 Å². The zero-order chi connectivity index (χ0) is 17.0. The van der Waals surface area contributed by atoms with E-state index in [4.69, 9.17) is 34.8 Å². The van der Waals surface area contributed by atoms with Crippen LogP contribution in [0.2, 0.25) is 15.1 Å². The molecule has 0 radical (unpaired) electrons. The maximum atomic E-state index is 12.2. The van der Waals surface area contributed by atoms with E-state index in [0.717, 1.165) is 0 Å². The van der Waals surface area contributed by atoms with E-state index in [-0.39, 0.29) is 18.4 Å². The molecule has 0 saturated heterocycles. The third kappa shape index (κ3) is 4.86. The van der Waals surface area contributed by atoms with E-state index in [0.29, 0.717) is 26.4 Å². The minimum absolute atomic E-state index is 0.183. The summed E-state index contributed by atoms with van der Waals surface area (Å²) in [6, 6.07) is 11.4. The molecule has 0 spiro atoms. The highest BCUT2D eigenvalue weighted by Gasteiger charge is 2.19. The van der Waals surface area contributed by atoms with Crippen molar-refractivity contribution in [1.29, 1.82) is 0 Å². The molecule has 7 heteroatoms. The number of amides is 2. The Hall–Kier alpha value is -1.75. The molecule has 0 heterocycles. The molecule has 0 atom stereocenters. The maximum Gasteiger partial charge on any atom is 0.244 e. The van der Waals surface area contributed by atoms with Gasteiger partial charge in [-0.3, -0.25) is 9.59 Å². The summed E-state index contributed by atoms with van der Waals surface area (Å²) in [4.78, 5) is 25.3. The molecular formula is C16H13Cl3N2O2. The Labute approximate surface area is 148 Å². The van der Waals surface area contributed by atoms with E-state index in [2.05, 4.69) is 5.32 Å². The quantitative estimate of drug-likeness (QED) is 0.851. The van der Waals surface area contributed by atoms with Crippen LogP contribution in [0.25, 0.3) is 0 Å². The Balaban J connectivity index is 2.16. The highest BCUT2D eigenvalue weighted by Crippen LogP contribution is 2.29. The first kappa shape index (κ1) is 17.6. The molecule has 23 heavy (non-hydrogen) atoms. The van der Waals surface area contributed by atoms with E-state index in [1.807, 2.05) is 0 Å². The van der Waals surface area contributed by atoms with Crippen LogP contribution in [-0.4, -0.2) is 18.4 Å². The van der Waals surface area contributed by atoms with Crippen molar-refractivity contribution in [3.8, 4) is 0 Å². The lowest BCUT2D eigenvalue weighted by atomic mass is 10.2. The maximum absolute atomic E-state index is 12.2. The van der Waals surface area contributed by atoms with Gasteiger partial charge in [0.2, 0.25) is 11.8 Å². The van der Waals surface area contributed by atoms with Gasteiger partial charge < -0.3 is 10.2 Å². The lowest BCUT2D eigenvalue weighted by Gasteiger charge is -2.22. The summed E-state index contributed by atoms with van der Waals surface area (Å²) in [5.74, 6) is -0.681. The van der Waals surface area contributed by atoms with Crippen LogP contribution < -0.4 is 10.2 Å². The standard InChI is InChI=1S/C16H13Cl3N2O2/c1-10(22)21(15-8-12(18)4-7-14(15)19)9-16(23)20-13-5-2-11(17)3-6-13/h2-8H,9H2,1H3,(H,20,23). The molecule has 0 aromatic heterocycles. The van der Waals surface area contributed by atoms with Crippen molar-refractivity contribution in [2.24, 2.45) is 0 Å². The SMILES string of the molecule is CC(=O)N(CC(=O)Nc1ccc(Cl)cc1)c1cc(Cl)ccc1Cl. The molecule has 0 bridgehead atoms. The normalized spacial score (nSPS) is 10.3. The molecule has 0 aliphatic carbocycles. The Bertz CT molecular complexity index is 733. The molecule has 2 aromatic carbocycles. The van der Waals surface area contributed by atoms with Gasteiger partial charge in [0.25, 0.3) is 0 Å². The first-order chi connectivity index (χ1) is 10.9. The highest BCUT2D eigenvalue weighted by atomic mass is 35.5. The predicted molar refractivity (Wildman–Crippen MR) is 94.6 cm³/mol. The number of hydrogen-bond acceptors (Lipinski definition) is 2. The van der Waals surface area contributed by atoms with Crippen molar-refractivity contribution in [3.05, 3.63) is 57.5 Å². The summed E-state index contributed by atoms with van der Waals surface area (Å²) >= 11 is 17.8. The number of anilines is 2. The van der Waals surface area contributed by atoms with Gasteiger partial charge in [-0.25, -0.2) is 0 Å². The number of nitrogens with zero attached hydrogens (tertiary/aromatic N) is 1. The molecule has 2 amide bonds. The number of benzene rings is 2. The fourth-order valence-corrected chi connectivity index (χ4v) is 2.45. The number of carbonyl (C=O) groups is 2. The third-order valence-corrected chi connectivity index (χ3v) is 3.82. The zero-order valence-electron chi connectivity index (χ0n) is 12.1. The third-order valence-electron chi connectivity index (χ3n) is 3.01. The van der Waals surface area contributed by atoms with Crippen LogP contribution in [0.5, 0.6) is 0 Å². The average Bonchev–Trinajstić information content (AvgIpc) is 2.49. The Kier molecular flexibility index (Phi) is 5.88. The van der Waals surface area contributed by atoms with Gasteiger partial charge in [-0.05, 0) is 42.5 Å². The minimum atomic E-state index is -0.362. The van der Waals surface area contributed by atoms with Crippen LogP contribution in [0.15, 0.2) is 42.5 Å². The van der Waals surface area contributed by atoms with Gasteiger partial charge in [0.1, 0.15) is 6.54 Å². The lowest BCUT2D eigenvalue weighted by Crippen LogP contribution is -2.36. The van der Waals surface area contributed by atoms with E-state index >= 15 is 0 Å². The fourth-order valence-electron chi connectivity index (χ4n) is 1.94. The average molecular weight is 372 g/mol. The van der Waals surface area contributed by atoms with Gasteiger partial charge in [-0.1, -0.05) is 34.8 Å². The highest BCUT2D eigenvalue weighted by molar-refractivity contribution is 6.36. The Morgan fingerprint density at radius 1 is 1.00 bits per heavy atom. The van der Waals surface area contributed by atoms with Gasteiger partial charge in [0.05, 0.1) is 10.7 Å². The van der Waals surface area contributed by atoms with Crippen molar-refractivity contribution in [1.82, 2.24) is 0 Å². The Morgan fingerprint density at radius 2 is 1.61 bits per heavy atom. The molecule has 0 aliphatic heterocycles. The summed E-state index contributed by atoms with van der Waals surface area (Å²) in [6.45, 7) is 1.17. The zero-order valence-corrected chi connectivity index (χ0v) is 14.4. The van der Waals surface area contributed by atoms with E-state index in [1.165, 1.54) is 11.8 Å². The van der Waals surface area contributed by atoms with Gasteiger partial charge >= 0.3 is 0 Å². The fraction of sp³-hybridized carbons (Fsp3) is 0.125. The molecule has 0 fully saturated rings. The summed E-state index contributed by atoms with van der Waals surface area (Å²) in [5.41, 5.74) is 0.970. The lowest BCUT2D eigenvalue weighted by molar-refractivity contribution is -0.120. The van der Waals surface area contributed by atoms with Crippen molar-refractivity contribution < 1.29 is 9.59 Å². The topological polar surface area (TPSA) is 49.4 Å². The summed E-state index contributed by atoms with van der Waals surface area (Å²) in [5, 5.41) is 4.02. The van der Waals surface area contributed by atoms with Gasteiger partial charge in [-0.15, -0.1) is 0 Å². The molecule has 0 saturated carbocycles. The molecule has 120 valence electrons. The number of carbonyl (C=O) groups excluding carboxylic acids is 2. The van der Waals surface area contributed by atoms with Crippen LogP contribution in [0.4, 0.5) is 11.4 Å². The first-order valence-corrected chi connectivity index (χ1v) is 7.79. The van der Waals surface area contributed by atoms with Crippen LogP contribution in [0.1, 0.15) is 6.92 Å². The van der Waals surface area contributed by atoms with Gasteiger partial charge in [0.15, 0.2) is 0 Å². The van der Waals surface area contributed by atoms with Crippen molar-refractivity contribution >= 4 is 58.0 Å². The molecular weight excluding hydrogens is 359 g/mol. The van der Waals surface area contributed by atoms with E-state index < -0.39 is 0 Å². The van der Waals surface area contributed by atoms with Crippen LogP contribution in [0.3, 0.4) is 0 Å². The summed E-state index contributed by atoms with van der Waals surface area (Å²) in [7, 11) is 0. The second-order valence-corrected chi connectivity index (χ2v) is 6.04.